The minimum atomic E-state index is -0.814. The molecule has 1 aromatic heterocycles. The van der Waals surface area contributed by atoms with Crippen molar-refractivity contribution in [3.8, 4) is 27.6 Å². The zero-order valence-electron chi connectivity index (χ0n) is 16.8. The number of rotatable bonds is 6. The number of ether oxygens (including phenoxy) is 1. The normalized spacial score (nSPS) is 11.8. The highest BCUT2D eigenvalue weighted by Gasteiger charge is 2.19. The zero-order chi connectivity index (χ0) is 22.7. The first kappa shape index (κ1) is 22.3. The molecule has 3 aromatic carbocycles. The Morgan fingerprint density at radius 3 is 2.53 bits per heavy atom. The maximum Gasteiger partial charge on any atom is 0.265 e. The van der Waals surface area contributed by atoms with Crippen LogP contribution < -0.4 is 10.1 Å². The van der Waals surface area contributed by atoms with Crippen LogP contribution in [0.5, 0.6) is 5.75 Å². The van der Waals surface area contributed by atoms with Gasteiger partial charge in [0.1, 0.15) is 16.6 Å². The summed E-state index contributed by atoms with van der Waals surface area (Å²) in [6.07, 6.45) is -0.814. The van der Waals surface area contributed by atoms with E-state index >= 15 is 0 Å². The molecule has 162 valence electrons. The SMILES string of the molecule is CC(Oc1ccc(Cl)cc1Cl)C(=O)Nc1ccccc1-c1csc(-c2ccccc2F)n1. The molecular formula is C24H17Cl2FN2O2S. The fraction of sp³-hybridized carbons (Fsp3) is 0.0833. The van der Waals surface area contributed by atoms with Crippen molar-refractivity contribution in [3.63, 3.8) is 0 Å². The van der Waals surface area contributed by atoms with E-state index in [-0.39, 0.29) is 11.7 Å². The van der Waals surface area contributed by atoms with Gasteiger partial charge >= 0.3 is 0 Å². The molecule has 0 bridgehead atoms. The number of amides is 1. The minimum Gasteiger partial charge on any atom is -0.479 e. The van der Waals surface area contributed by atoms with Crippen LogP contribution in [0, 0.1) is 5.82 Å². The van der Waals surface area contributed by atoms with Crippen LogP contribution in [0.3, 0.4) is 0 Å². The largest absolute Gasteiger partial charge is 0.479 e. The standard InChI is InChI=1S/C24H17Cl2FN2O2S/c1-14(31-22-11-10-15(25)12-18(22)26)23(30)28-20-9-5-3-7-17(20)21-13-32-24(29-21)16-6-2-4-8-19(16)27/h2-14H,1H3,(H,28,30). The average molecular weight is 487 g/mol. The highest BCUT2D eigenvalue weighted by molar-refractivity contribution is 7.13. The van der Waals surface area contributed by atoms with Gasteiger partial charge in [-0.1, -0.05) is 53.5 Å². The summed E-state index contributed by atoms with van der Waals surface area (Å²) in [6.45, 7) is 1.63. The first-order valence-corrected chi connectivity index (χ1v) is 11.3. The van der Waals surface area contributed by atoms with Gasteiger partial charge in [0.2, 0.25) is 0 Å². The second-order valence-electron chi connectivity index (χ2n) is 6.89. The molecule has 1 unspecified atom stereocenters. The lowest BCUT2D eigenvalue weighted by atomic mass is 10.1. The van der Waals surface area contributed by atoms with Gasteiger partial charge in [0.05, 0.1) is 16.4 Å². The molecule has 0 spiro atoms. The van der Waals surface area contributed by atoms with Gasteiger partial charge < -0.3 is 10.1 Å². The van der Waals surface area contributed by atoms with Crippen molar-refractivity contribution in [2.24, 2.45) is 0 Å². The molecule has 32 heavy (non-hydrogen) atoms. The van der Waals surface area contributed by atoms with Gasteiger partial charge in [-0.3, -0.25) is 4.79 Å². The molecule has 0 saturated heterocycles. The van der Waals surface area contributed by atoms with E-state index in [0.29, 0.717) is 37.7 Å². The summed E-state index contributed by atoms with van der Waals surface area (Å²) >= 11 is 13.4. The third kappa shape index (κ3) is 4.93. The molecule has 4 nitrogen and oxygen atoms in total. The van der Waals surface area contributed by atoms with Crippen molar-refractivity contribution in [2.75, 3.05) is 5.32 Å². The lowest BCUT2D eigenvalue weighted by molar-refractivity contribution is -0.122. The van der Waals surface area contributed by atoms with E-state index in [9.17, 15) is 9.18 Å². The van der Waals surface area contributed by atoms with Crippen LogP contribution in [-0.4, -0.2) is 17.0 Å². The number of nitrogens with one attached hydrogen (secondary N) is 1. The Kier molecular flexibility index (Phi) is 6.74. The summed E-state index contributed by atoms with van der Waals surface area (Å²) in [6, 6.07) is 18.6. The van der Waals surface area contributed by atoms with E-state index in [1.807, 2.05) is 23.6 Å². The molecule has 1 N–H and O–H groups in total. The predicted molar refractivity (Wildman–Crippen MR) is 128 cm³/mol. The van der Waals surface area contributed by atoms with Gasteiger partial charge in [0.15, 0.2) is 6.10 Å². The molecule has 0 aliphatic carbocycles. The van der Waals surface area contributed by atoms with Crippen LogP contribution >= 0.6 is 34.5 Å². The number of carbonyl (C=O) groups excluding carboxylic acids is 1. The van der Waals surface area contributed by atoms with Crippen LogP contribution in [0.2, 0.25) is 10.0 Å². The van der Waals surface area contributed by atoms with E-state index in [2.05, 4.69) is 10.3 Å². The van der Waals surface area contributed by atoms with Crippen molar-refractivity contribution >= 4 is 46.1 Å². The summed E-state index contributed by atoms with van der Waals surface area (Å²) in [5.74, 6) is -0.323. The van der Waals surface area contributed by atoms with E-state index < -0.39 is 6.10 Å². The van der Waals surface area contributed by atoms with Gasteiger partial charge in [-0.2, -0.15) is 0 Å². The van der Waals surface area contributed by atoms with E-state index in [1.54, 1.807) is 49.4 Å². The zero-order valence-corrected chi connectivity index (χ0v) is 19.1. The van der Waals surface area contributed by atoms with Crippen LogP contribution in [-0.2, 0) is 4.79 Å². The fourth-order valence-electron chi connectivity index (χ4n) is 3.02. The van der Waals surface area contributed by atoms with Crippen LogP contribution in [0.15, 0.2) is 72.1 Å². The maximum absolute atomic E-state index is 14.1. The molecule has 0 aliphatic heterocycles. The molecule has 0 fully saturated rings. The predicted octanol–water partition coefficient (Wildman–Crippen LogP) is 7.33. The van der Waals surface area contributed by atoms with Crippen molar-refractivity contribution in [1.29, 1.82) is 0 Å². The molecule has 4 rings (SSSR count). The highest BCUT2D eigenvalue weighted by atomic mass is 35.5. The maximum atomic E-state index is 14.1. The van der Waals surface area contributed by atoms with Crippen LogP contribution in [0.1, 0.15) is 6.92 Å². The fourth-order valence-corrected chi connectivity index (χ4v) is 4.32. The molecule has 0 aliphatic rings. The molecular weight excluding hydrogens is 470 g/mol. The summed E-state index contributed by atoms with van der Waals surface area (Å²) in [5.41, 5.74) is 2.36. The number of anilines is 1. The van der Waals surface area contributed by atoms with Crippen molar-refractivity contribution in [3.05, 3.63) is 88.0 Å². The monoisotopic (exact) mass is 486 g/mol. The third-order valence-corrected chi connectivity index (χ3v) is 6.04. The van der Waals surface area contributed by atoms with Crippen molar-refractivity contribution < 1.29 is 13.9 Å². The second kappa shape index (κ2) is 9.69. The van der Waals surface area contributed by atoms with E-state index in [1.165, 1.54) is 17.4 Å². The smallest absolute Gasteiger partial charge is 0.265 e. The number of para-hydroxylation sites is 1. The van der Waals surface area contributed by atoms with Gasteiger partial charge in [0.25, 0.3) is 5.91 Å². The summed E-state index contributed by atoms with van der Waals surface area (Å²) in [7, 11) is 0. The van der Waals surface area contributed by atoms with Gasteiger partial charge in [-0.25, -0.2) is 9.37 Å². The Bertz CT molecular complexity index is 1280. The number of hydrogen-bond donors (Lipinski definition) is 1. The number of thiazole rings is 1. The summed E-state index contributed by atoms with van der Waals surface area (Å²) < 4.78 is 19.8. The van der Waals surface area contributed by atoms with Crippen molar-refractivity contribution in [1.82, 2.24) is 4.98 Å². The number of hydrogen-bond acceptors (Lipinski definition) is 4. The minimum absolute atomic E-state index is 0.320. The molecule has 1 amide bonds. The molecule has 1 heterocycles. The number of aromatic nitrogens is 1. The van der Waals surface area contributed by atoms with Gasteiger partial charge in [-0.15, -0.1) is 11.3 Å². The Morgan fingerprint density at radius 2 is 1.78 bits per heavy atom. The van der Waals surface area contributed by atoms with Crippen LogP contribution in [0.25, 0.3) is 21.8 Å². The Morgan fingerprint density at radius 1 is 1.06 bits per heavy atom. The molecule has 4 aromatic rings. The second-order valence-corrected chi connectivity index (χ2v) is 8.59. The van der Waals surface area contributed by atoms with Crippen molar-refractivity contribution in [2.45, 2.75) is 13.0 Å². The van der Waals surface area contributed by atoms with Gasteiger partial charge in [-0.05, 0) is 43.3 Å². The Hall–Kier alpha value is -2.93. The lowest BCUT2D eigenvalue weighted by Gasteiger charge is -2.17. The molecule has 0 radical (unpaired) electrons. The number of nitrogens with zero attached hydrogens (tertiary/aromatic N) is 1. The first-order chi connectivity index (χ1) is 15.4. The summed E-state index contributed by atoms with van der Waals surface area (Å²) in [5, 5.41) is 6.07. The topological polar surface area (TPSA) is 51.2 Å². The van der Waals surface area contributed by atoms with E-state index in [0.717, 1.165) is 5.56 Å². The Balaban J connectivity index is 1.54. The average Bonchev–Trinajstić information content (AvgIpc) is 3.26. The lowest BCUT2D eigenvalue weighted by Crippen LogP contribution is -2.30. The Labute approximate surface area is 198 Å². The molecule has 8 heteroatoms. The quantitative estimate of drug-likeness (QED) is 0.310. The number of carbonyl (C=O) groups is 1. The van der Waals surface area contributed by atoms with Gasteiger partial charge in [0, 0.05) is 21.5 Å². The molecule has 1 atom stereocenters. The summed E-state index contributed by atoms with van der Waals surface area (Å²) in [4.78, 5) is 17.4. The number of halogens is 3. The van der Waals surface area contributed by atoms with E-state index in [4.69, 9.17) is 27.9 Å². The molecule has 0 saturated carbocycles. The highest BCUT2D eigenvalue weighted by Crippen LogP contribution is 2.34. The number of benzene rings is 3. The van der Waals surface area contributed by atoms with Crippen LogP contribution in [0.4, 0.5) is 10.1 Å². The third-order valence-electron chi connectivity index (χ3n) is 4.64. The first-order valence-electron chi connectivity index (χ1n) is 9.65.